The van der Waals surface area contributed by atoms with Gasteiger partial charge in [-0.05, 0) is 93.0 Å². The Labute approximate surface area is 276 Å². The number of fused-ring (bicyclic) bond motifs is 8. The molecule has 0 aromatic heterocycles. The van der Waals surface area contributed by atoms with Crippen LogP contribution >= 0.6 is 0 Å². The number of unbranched alkanes of at least 4 members (excludes halogenated alkanes) is 8. The number of ether oxygens (including phenoxy) is 4. The summed E-state index contributed by atoms with van der Waals surface area (Å²) < 4.78 is 25.9. The van der Waals surface area contributed by atoms with Gasteiger partial charge >= 0.3 is 0 Å². The molecule has 0 atom stereocenters. The third kappa shape index (κ3) is 8.00. The molecule has 4 heteroatoms. The predicted molar refractivity (Wildman–Crippen MR) is 197 cm³/mol. The average Bonchev–Trinajstić information content (AvgIpc) is 3.08. The molecule has 5 rings (SSSR count). The Morgan fingerprint density at radius 3 is 1.22 bits per heavy atom. The van der Waals surface area contributed by atoms with Crippen LogP contribution in [0, 0.1) is 0 Å². The Morgan fingerprint density at radius 2 is 0.761 bits per heavy atom. The van der Waals surface area contributed by atoms with E-state index in [1.54, 1.807) is 0 Å². The normalized spacial score (nSPS) is 11.6. The van der Waals surface area contributed by atoms with E-state index in [2.05, 4.69) is 88.4 Å². The summed E-state index contributed by atoms with van der Waals surface area (Å²) in [5, 5.41) is 9.59. The van der Waals surface area contributed by atoms with E-state index >= 15 is 0 Å². The quantitative estimate of drug-likeness (QED) is 0.0639. The molecule has 0 radical (unpaired) electrons. The first kappa shape index (κ1) is 33.7. The lowest BCUT2D eigenvalue weighted by Gasteiger charge is -2.20. The van der Waals surface area contributed by atoms with Crippen LogP contribution in [0.3, 0.4) is 0 Å². The van der Waals surface area contributed by atoms with Crippen molar-refractivity contribution in [1.82, 2.24) is 0 Å². The third-order valence-electron chi connectivity index (χ3n) is 8.97. The van der Waals surface area contributed by atoms with Gasteiger partial charge in [0.25, 0.3) is 0 Å². The fraction of sp³-hybridized carbons (Fsp3) is 0.476. The summed E-state index contributed by atoms with van der Waals surface area (Å²) in [6.07, 6.45) is 13.4. The highest BCUT2D eigenvalue weighted by Crippen LogP contribution is 2.46. The zero-order valence-electron chi connectivity index (χ0n) is 28.7. The molecule has 5 aromatic rings. The van der Waals surface area contributed by atoms with Crippen LogP contribution in [0.4, 0.5) is 0 Å². The van der Waals surface area contributed by atoms with Gasteiger partial charge in [0.05, 0.1) is 26.4 Å². The molecule has 4 nitrogen and oxygen atoms in total. The van der Waals surface area contributed by atoms with E-state index in [1.807, 2.05) is 0 Å². The maximum absolute atomic E-state index is 6.49. The van der Waals surface area contributed by atoms with Crippen LogP contribution in [0.1, 0.15) is 105 Å². The van der Waals surface area contributed by atoms with Gasteiger partial charge in [-0.15, -0.1) is 0 Å². The molecule has 46 heavy (non-hydrogen) atoms. The SMILES string of the molecule is CCCCCOc1cc2c(cc1OCCCCC)c1ccc3ccccc3c1c1cc(OCCCCC)c(OCCCCC)cc21. The second-order valence-corrected chi connectivity index (χ2v) is 12.6. The van der Waals surface area contributed by atoms with E-state index in [1.165, 1.54) is 32.3 Å². The first-order valence-electron chi connectivity index (χ1n) is 18.1. The molecule has 0 aliphatic heterocycles. The molecule has 0 aliphatic rings. The Bertz CT molecular complexity index is 1710. The van der Waals surface area contributed by atoms with Crippen molar-refractivity contribution in [2.75, 3.05) is 26.4 Å². The molecular weight excluding hydrogens is 568 g/mol. The lowest BCUT2D eigenvalue weighted by atomic mass is 9.90. The minimum absolute atomic E-state index is 0.681. The molecule has 5 aromatic carbocycles. The van der Waals surface area contributed by atoms with Crippen LogP contribution in [0.25, 0.3) is 43.1 Å². The summed E-state index contributed by atoms with van der Waals surface area (Å²) in [5.74, 6) is 3.32. The summed E-state index contributed by atoms with van der Waals surface area (Å²) >= 11 is 0. The molecule has 0 saturated carbocycles. The number of benzene rings is 5. The van der Waals surface area contributed by atoms with Gasteiger partial charge in [0.1, 0.15) is 0 Å². The largest absolute Gasteiger partial charge is 0.490 e. The average molecular weight is 623 g/mol. The summed E-state index contributed by atoms with van der Waals surface area (Å²) in [6, 6.07) is 22.1. The molecular formula is C42H54O4. The monoisotopic (exact) mass is 622 g/mol. The van der Waals surface area contributed by atoms with Crippen LogP contribution in [0.5, 0.6) is 23.0 Å². The van der Waals surface area contributed by atoms with Gasteiger partial charge in [0, 0.05) is 0 Å². The van der Waals surface area contributed by atoms with Crippen molar-refractivity contribution < 1.29 is 18.9 Å². The van der Waals surface area contributed by atoms with Crippen molar-refractivity contribution in [1.29, 1.82) is 0 Å². The molecule has 0 N–H and O–H groups in total. The molecule has 246 valence electrons. The van der Waals surface area contributed by atoms with Crippen molar-refractivity contribution in [3.8, 4) is 23.0 Å². The van der Waals surface area contributed by atoms with Gasteiger partial charge in [0.2, 0.25) is 0 Å². The number of rotatable bonds is 20. The van der Waals surface area contributed by atoms with E-state index in [9.17, 15) is 0 Å². The van der Waals surface area contributed by atoms with E-state index in [0.717, 1.165) is 111 Å². The van der Waals surface area contributed by atoms with Crippen molar-refractivity contribution >= 4 is 43.1 Å². The van der Waals surface area contributed by atoms with Gasteiger partial charge in [-0.25, -0.2) is 0 Å². The minimum atomic E-state index is 0.681. The van der Waals surface area contributed by atoms with Crippen LogP contribution < -0.4 is 18.9 Å². The van der Waals surface area contributed by atoms with Gasteiger partial charge in [-0.1, -0.05) is 115 Å². The van der Waals surface area contributed by atoms with Crippen LogP contribution in [0.2, 0.25) is 0 Å². The second-order valence-electron chi connectivity index (χ2n) is 12.6. The van der Waals surface area contributed by atoms with Crippen LogP contribution in [-0.2, 0) is 0 Å². The van der Waals surface area contributed by atoms with Crippen molar-refractivity contribution in [3.05, 3.63) is 60.7 Å². The zero-order valence-corrected chi connectivity index (χ0v) is 28.7. The smallest absolute Gasteiger partial charge is 0.161 e. The maximum Gasteiger partial charge on any atom is 0.161 e. The summed E-state index contributed by atoms with van der Waals surface area (Å²) in [6.45, 7) is 11.6. The number of hydrogen-bond acceptors (Lipinski definition) is 4. The van der Waals surface area contributed by atoms with Crippen molar-refractivity contribution in [2.45, 2.75) is 105 Å². The molecule has 0 unspecified atom stereocenters. The van der Waals surface area contributed by atoms with E-state index in [-0.39, 0.29) is 0 Å². The van der Waals surface area contributed by atoms with Crippen LogP contribution in [-0.4, -0.2) is 26.4 Å². The summed E-state index contributed by atoms with van der Waals surface area (Å²) in [7, 11) is 0. The standard InChI is InChI=1S/C42H54O4/c1-5-9-15-23-43-38-27-34-33-22-21-31-19-13-14-20-32(31)42(33)37-30-41(46-26-18-12-8-4)40(45-25-17-11-7-3)29-36(37)35(34)28-39(38)44-24-16-10-6-2/h13-14,19-22,27-30H,5-12,15-18,23-26H2,1-4H3. The van der Waals surface area contributed by atoms with E-state index in [4.69, 9.17) is 18.9 Å². The summed E-state index contributed by atoms with van der Waals surface area (Å²) in [4.78, 5) is 0. The van der Waals surface area contributed by atoms with Gasteiger partial charge < -0.3 is 18.9 Å². The first-order chi connectivity index (χ1) is 22.7. The highest BCUT2D eigenvalue weighted by atomic mass is 16.5. The van der Waals surface area contributed by atoms with Gasteiger partial charge in [-0.2, -0.15) is 0 Å². The third-order valence-corrected chi connectivity index (χ3v) is 8.97. The Hall–Kier alpha value is -3.66. The molecule has 0 bridgehead atoms. The molecule has 0 amide bonds. The fourth-order valence-corrected chi connectivity index (χ4v) is 6.37. The molecule has 0 fully saturated rings. The zero-order chi connectivity index (χ0) is 32.1. The Kier molecular flexibility index (Phi) is 12.7. The van der Waals surface area contributed by atoms with E-state index in [0.29, 0.717) is 26.4 Å². The van der Waals surface area contributed by atoms with Gasteiger partial charge in [-0.3, -0.25) is 0 Å². The van der Waals surface area contributed by atoms with Crippen LogP contribution in [0.15, 0.2) is 60.7 Å². The highest BCUT2D eigenvalue weighted by molar-refractivity contribution is 6.32. The Morgan fingerprint density at radius 1 is 0.370 bits per heavy atom. The lowest BCUT2D eigenvalue weighted by molar-refractivity contribution is 0.260. The predicted octanol–water partition coefficient (Wildman–Crippen LogP) is 12.6. The van der Waals surface area contributed by atoms with Crippen molar-refractivity contribution in [2.24, 2.45) is 0 Å². The van der Waals surface area contributed by atoms with Crippen molar-refractivity contribution in [3.63, 3.8) is 0 Å². The highest BCUT2D eigenvalue weighted by Gasteiger charge is 2.19. The second kappa shape index (κ2) is 17.3. The Balaban J connectivity index is 1.75. The fourth-order valence-electron chi connectivity index (χ4n) is 6.37. The van der Waals surface area contributed by atoms with E-state index < -0.39 is 0 Å². The van der Waals surface area contributed by atoms with Gasteiger partial charge in [0.15, 0.2) is 23.0 Å². The lowest BCUT2D eigenvalue weighted by Crippen LogP contribution is -2.04. The number of hydrogen-bond donors (Lipinski definition) is 0. The summed E-state index contributed by atoms with van der Waals surface area (Å²) in [5.41, 5.74) is 0. The molecule has 0 heterocycles. The minimum Gasteiger partial charge on any atom is -0.490 e. The first-order valence-corrected chi connectivity index (χ1v) is 18.1. The topological polar surface area (TPSA) is 36.9 Å². The maximum atomic E-state index is 6.49. The molecule has 0 spiro atoms. The molecule has 0 aliphatic carbocycles. The molecule has 0 saturated heterocycles.